The summed E-state index contributed by atoms with van der Waals surface area (Å²) < 4.78 is 1.64. The molecular formula is C9H3Cl2NS. The van der Waals surface area contributed by atoms with Gasteiger partial charge in [-0.05, 0) is 18.2 Å². The van der Waals surface area contributed by atoms with E-state index < -0.39 is 0 Å². The molecule has 1 aromatic carbocycles. The summed E-state index contributed by atoms with van der Waals surface area (Å²) in [7, 11) is 0. The van der Waals surface area contributed by atoms with Gasteiger partial charge in [0.25, 0.3) is 0 Å². The molecule has 0 aliphatic carbocycles. The molecule has 2 rings (SSSR count). The largest absolute Gasteiger partial charge is 0.192 e. The molecule has 0 fully saturated rings. The Morgan fingerprint density at radius 1 is 1.23 bits per heavy atom. The molecule has 0 unspecified atom stereocenters. The molecule has 13 heavy (non-hydrogen) atoms. The standard InChI is InChI=1S/C9H3Cl2NS/c10-7-1-5(4-12)2-8-6(7)3-9(11)13-8/h1-3H. The third kappa shape index (κ3) is 1.51. The number of hydrogen-bond donors (Lipinski definition) is 0. The molecule has 0 spiro atoms. The van der Waals surface area contributed by atoms with Gasteiger partial charge in [-0.1, -0.05) is 23.2 Å². The van der Waals surface area contributed by atoms with E-state index in [0.717, 1.165) is 10.1 Å². The van der Waals surface area contributed by atoms with Crippen molar-refractivity contribution in [2.24, 2.45) is 0 Å². The highest BCUT2D eigenvalue weighted by molar-refractivity contribution is 7.22. The van der Waals surface area contributed by atoms with Gasteiger partial charge in [-0.15, -0.1) is 11.3 Å². The van der Waals surface area contributed by atoms with E-state index in [0.29, 0.717) is 14.9 Å². The van der Waals surface area contributed by atoms with Crippen LogP contribution in [0.2, 0.25) is 9.36 Å². The van der Waals surface area contributed by atoms with Gasteiger partial charge in [0.1, 0.15) is 0 Å². The number of nitriles is 1. The van der Waals surface area contributed by atoms with E-state index in [9.17, 15) is 0 Å². The molecule has 4 heteroatoms. The Balaban J connectivity index is 2.85. The second-order valence-electron chi connectivity index (χ2n) is 2.53. The summed E-state index contributed by atoms with van der Waals surface area (Å²) in [5.41, 5.74) is 0.566. The molecule has 0 amide bonds. The maximum atomic E-state index is 8.69. The van der Waals surface area contributed by atoms with Crippen molar-refractivity contribution in [3.63, 3.8) is 0 Å². The van der Waals surface area contributed by atoms with E-state index in [1.54, 1.807) is 12.1 Å². The van der Waals surface area contributed by atoms with Crippen LogP contribution in [0.4, 0.5) is 0 Å². The molecule has 0 atom stereocenters. The van der Waals surface area contributed by atoms with Gasteiger partial charge in [-0.25, -0.2) is 0 Å². The van der Waals surface area contributed by atoms with Crippen molar-refractivity contribution in [2.75, 3.05) is 0 Å². The molecular weight excluding hydrogens is 225 g/mol. The fourth-order valence-corrected chi connectivity index (χ4v) is 2.67. The lowest BCUT2D eigenvalue weighted by Crippen LogP contribution is -1.73. The number of nitrogens with zero attached hydrogens (tertiary/aromatic N) is 1. The molecule has 0 N–H and O–H groups in total. The lowest BCUT2D eigenvalue weighted by molar-refractivity contribution is 1.50. The van der Waals surface area contributed by atoms with E-state index in [2.05, 4.69) is 0 Å². The zero-order valence-corrected chi connectivity index (χ0v) is 8.67. The van der Waals surface area contributed by atoms with Gasteiger partial charge in [0.05, 0.1) is 21.0 Å². The molecule has 1 aromatic heterocycles. The monoisotopic (exact) mass is 227 g/mol. The van der Waals surface area contributed by atoms with E-state index in [1.807, 2.05) is 12.1 Å². The minimum atomic E-state index is 0.566. The molecule has 0 bridgehead atoms. The first-order valence-corrected chi connectivity index (χ1v) is 5.06. The summed E-state index contributed by atoms with van der Waals surface area (Å²) in [6, 6.07) is 7.29. The second-order valence-corrected chi connectivity index (χ2v) is 4.65. The van der Waals surface area contributed by atoms with E-state index in [4.69, 9.17) is 28.5 Å². The predicted octanol–water partition coefficient (Wildman–Crippen LogP) is 4.08. The van der Waals surface area contributed by atoms with Crippen LogP contribution in [0.3, 0.4) is 0 Å². The Kier molecular flexibility index (Phi) is 2.17. The topological polar surface area (TPSA) is 23.8 Å². The van der Waals surface area contributed by atoms with Crippen molar-refractivity contribution in [1.29, 1.82) is 5.26 Å². The highest BCUT2D eigenvalue weighted by Crippen LogP contribution is 2.34. The van der Waals surface area contributed by atoms with Crippen LogP contribution < -0.4 is 0 Å². The fraction of sp³-hybridized carbons (Fsp3) is 0. The molecule has 2 aromatic rings. The number of fused-ring (bicyclic) bond motifs is 1. The first kappa shape index (κ1) is 8.83. The molecule has 1 heterocycles. The SMILES string of the molecule is N#Cc1cc(Cl)c2cc(Cl)sc2c1. The van der Waals surface area contributed by atoms with Crippen molar-refractivity contribution in [1.82, 2.24) is 0 Å². The summed E-state index contributed by atoms with van der Waals surface area (Å²) in [5, 5.41) is 10.2. The average molecular weight is 228 g/mol. The molecule has 0 aliphatic heterocycles. The second kappa shape index (κ2) is 3.19. The highest BCUT2D eigenvalue weighted by atomic mass is 35.5. The lowest BCUT2D eigenvalue weighted by atomic mass is 10.2. The van der Waals surface area contributed by atoms with Gasteiger partial charge >= 0.3 is 0 Å². The average Bonchev–Trinajstić information content (AvgIpc) is 2.46. The smallest absolute Gasteiger partial charge is 0.0992 e. The van der Waals surface area contributed by atoms with Crippen LogP contribution in [0.15, 0.2) is 18.2 Å². The van der Waals surface area contributed by atoms with Crippen molar-refractivity contribution in [2.45, 2.75) is 0 Å². The number of halogens is 2. The van der Waals surface area contributed by atoms with Crippen molar-refractivity contribution in [3.05, 3.63) is 33.1 Å². The Bertz CT molecular complexity index is 510. The summed E-state index contributed by atoms with van der Waals surface area (Å²) in [4.78, 5) is 0. The Morgan fingerprint density at radius 2 is 2.00 bits per heavy atom. The van der Waals surface area contributed by atoms with Crippen molar-refractivity contribution in [3.8, 4) is 6.07 Å². The van der Waals surface area contributed by atoms with Gasteiger partial charge in [-0.3, -0.25) is 0 Å². The first-order valence-electron chi connectivity index (χ1n) is 3.49. The van der Waals surface area contributed by atoms with Gasteiger partial charge in [0, 0.05) is 10.1 Å². The normalized spacial score (nSPS) is 10.2. The van der Waals surface area contributed by atoms with Crippen LogP contribution in [-0.2, 0) is 0 Å². The van der Waals surface area contributed by atoms with Crippen LogP contribution >= 0.6 is 34.5 Å². The number of rotatable bonds is 0. The summed E-state index contributed by atoms with van der Waals surface area (Å²) in [5.74, 6) is 0. The van der Waals surface area contributed by atoms with Gasteiger partial charge < -0.3 is 0 Å². The lowest BCUT2D eigenvalue weighted by Gasteiger charge is -1.93. The number of hydrogen-bond acceptors (Lipinski definition) is 2. The van der Waals surface area contributed by atoms with Gasteiger partial charge in [0.15, 0.2) is 0 Å². The predicted molar refractivity (Wildman–Crippen MR) is 56.6 cm³/mol. The van der Waals surface area contributed by atoms with Gasteiger partial charge in [-0.2, -0.15) is 5.26 Å². The van der Waals surface area contributed by atoms with E-state index in [-0.39, 0.29) is 0 Å². The first-order chi connectivity index (χ1) is 6.20. The molecule has 0 saturated carbocycles. The maximum absolute atomic E-state index is 8.69. The van der Waals surface area contributed by atoms with Crippen LogP contribution in [-0.4, -0.2) is 0 Å². The Labute approximate surface area is 89.1 Å². The Hall–Kier alpha value is -0.750. The molecule has 0 aliphatic rings. The van der Waals surface area contributed by atoms with Crippen LogP contribution in [0, 0.1) is 11.3 Å². The molecule has 1 nitrogen and oxygen atoms in total. The van der Waals surface area contributed by atoms with Gasteiger partial charge in [0.2, 0.25) is 0 Å². The highest BCUT2D eigenvalue weighted by Gasteiger charge is 2.05. The van der Waals surface area contributed by atoms with Crippen LogP contribution in [0.5, 0.6) is 0 Å². The third-order valence-corrected chi connectivity index (χ3v) is 3.21. The molecule has 0 saturated heterocycles. The molecule has 64 valence electrons. The maximum Gasteiger partial charge on any atom is 0.0992 e. The third-order valence-electron chi connectivity index (χ3n) is 1.69. The molecule has 0 radical (unpaired) electrons. The van der Waals surface area contributed by atoms with E-state index in [1.165, 1.54) is 11.3 Å². The van der Waals surface area contributed by atoms with Crippen molar-refractivity contribution < 1.29 is 0 Å². The zero-order valence-electron chi connectivity index (χ0n) is 6.34. The summed E-state index contributed by atoms with van der Waals surface area (Å²) in [6.45, 7) is 0. The van der Waals surface area contributed by atoms with E-state index >= 15 is 0 Å². The zero-order chi connectivity index (χ0) is 9.42. The number of benzene rings is 1. The summed E-state index contributed by atoms with van der Waals surface area (Å²) >= 11 is 13.2. The van der Waals surface area contributed by atoms with Crippen LogP contribution in [0.1, 0.15) is 5.56 Å². The fourth-order valence-electron chi connectivity index (χ4n) is 1.13. The quantitative estimate of drug-likeness (QED) is 0.666. The van der Waals surface area contributed by atoms with Crippen molar-refractivity contribution >= 4 is 44.6 Å². The number of thiophene rings is 1. The minimum Gasteiger partial charge on any atom is -0.192 e. The summed E-state index contributed by atoms with van der Waals surface area (Å²) in [6.07, 6.45) is 0. The van der Waals surface area contributed by atoms with Crippen LogP contribution in [0.25, 0.3) is 10.1 Å². The Morgan fingerprint density at radius 3 is 2.69 bits per heavy atom. The minimum absolute atomic E-state index is 0.566.